The summed E-state index contributed by atoms with van der Waals surface area (Å²) in [5, 5.41) is 9.17. The Morgan fingerprint density at radius 3 is 2.76 bits per heavy atom. The molecule has 5 nitrogen and oxygen atoms in total. The van der Waals surface area contributed by atoms with Crippen molar-refractivity contribution in [1.29, 1.82) is 5.26 Å². The Morgan fingerprint density at radius 2 is 2.24 bits per heavy atom. The van der Waals surface area contributed by atoms with Crippen LogP contribution < -0.4 is 5.73 Å². The van der Waals surface area contributed by atoms with Gasteiger partial charge in [0, 0.05) is 5.70 Å². The van der Waals surface area contributed by atoms with Gasteiger partial charge in [0.25, 0.3) is 0 Å². The third-order valence-electron chi connectivity index (χ3n) is 2.54. The zero-order valence-electron chi connectivity index (χ0n) is 9.51. The van der Waals surface area contributed by atoms with E-state index in [1.807, 2.05) is 13.0 Å². The third kappa shape index (κ3) is 1.95. The molecule has 1 aromatic rings. The maximum Gasteiger partial charge on any atom is 0.183 e. The number of aliphatic imine (C=N–C) groups is 1. The van der Waals surface area contributed by atoms with Gasteiger partial charge in [0.15, 0.2) is 12.0 Å². The summed E-state index contributed by atoms with van der Waals surface area (Å²) >= 11 is 4.18. The fourth-order valence-corrected chi connectivity index (χ4v) is 1.77. The standard InChI is InChI=1S/C11H12N4OS/c1-6-3-4-9(16-6)10-8(5-12)7(2)15(17)11(13)14-10/h3-4,11,17H,13H2,1-2H3. The van der Waals surface area contributed by atoms with Crippen LogP contribution in [0, 0.1) is 18.3 Å². The number of aryl methyl sites for hydroxylation is 1. The Kier molecular flexibility index (Phi) is 2.96. The molecular weight excluding hydrogens is 236 g/mol. The van der Waals surface area contributed by atoms with E-state index in [0.29, 0.717) is 22.7 Å². The van der Waals surface area contributed by atoms with Crippen LogP contribution in [0.15, 0.2) is 32.8 Å². The molecule has 88 valence electrons. The zero-order valence-corrected chi connectivity index (χ0v) is 10.4. The Balaban J connectivity index is 2.53. The van der Waals surface area contributed by atoms with E-state index >= 15 is 0 Å². The number of rotatable bonds is 1. The molecule has 17 heavy (non-hydrogen) atoms. The summed E-state index contributed by atoms with van der Waals surface area (Å²) in [6.45, 7) is 3.61. The molecule has 0 saturated carbocycles. The van der Waals surface area contributed by atoms with Gasteiger partial charge in [-0.3, -0.25) is 10.0 Å². The second-order valence-electron chi connectivity index (χ2n) is 3.72. The molecule has 1 atom stereocenters. The molecule has 1 unspecified atom stereocenters. The van der Waals surface area contributed by atoms with Crippen molar-refractivity contribution in [1.82, 2.24) is 4.31 Å². The number of hydrogen-bond donors (Lipinski definition) is 2. The quantitative estimate of drug-likeness (QED) is 0.739. The molecule has 0 spiro atoms. The van der Waals surface area contributed by atoms with Crippen LogP contribution in [-0.2, 0) is 0 Å². The van der Waals surface area contributed by atoms with Gasteiger partial charge in [0.2, 0.25) is 0 Å². The highest BCUT2D eigenvalue weighted by molar-refractivity contribution is 7.77. The summed E-state index contributed by atoms with van der Waals surface area (Å²) in [5.74, 6) is 1.31. The monoisotopic (exact) mass is 248 g/mol. The van der Waals surface area contributed by atoms with E-state index in [1.54, 1.807) is 13.0 Å². The molecule has 0 bridgehead atoms. The van der Waals surface area contributed by atoms with Crippen molar-refractivity contribution in [2.75, 3.05) is 0 Å². The smallest absolute Gasteiger partial charge is 0.183 e. The first kappa shape index (κ1) is 11.8. The van der Waals surface area contributed by atoms with Crippen LogP contribution in [0.25, 0.3) is 0 Å². The average molecular weight is 248 g/mol. The van der Waals surface area contributed by atoms with E-state index in [-0.39, 0.29) is 0 Å². The second-order valence-corrected chi connectivity index (χ2v) is 4.15. The van der Waals surface area contributed by atoms with E-state index in [1.165, 1.54) is 4.31 Å². The minimum Gasteiger partial charge on any atom is -0.460 e. The lowest BCUT2D eigenvalue weighted by atomic mass is 10.1. The lowest BCUT2D eigenvalue weighted by Crippen LogP contribution is -2.38. The lowest BCUT2D eigenvalue weighted by Gasteiger charge is -2.28. The lowest BCUT2D eigenvalue weighted by molar-refractivity contribution is 0.434. The Labute approximate surface area is 105 Å². The normalized spacial score (nSPS) is 20.3. The molecule has 0 fully saturated rings. The van der Waals surface area contributed by atoms with E-state index in [0.717, 1.165) is 5.76 Å². The van der Waals surface area contributed by atoms with Crippen LogP contribution in [-0.4, -0.2) is 16.3 Å². The molecule has 1 aliphatic rings. The third-order valence-corrected chi connectivity index (χ3v) is 3.08. The summed E-state index contributed by atoms with van der Waals surface area (Å²) in [7, 11) is 0. The zero-order chi connectivity index (χ0) is 12.6. The van der Waals surface area contributed by atoms with Crippen molar-refractivity contribution >= 4 is 18.5 Å². The fourth-order valence-electron chi connectivity index (χ4n) is 1.62. The van der Waals surface area contributed by atoms with Gasteiger partial charge in [0.05, 0.1) is 0 Å². The van der Waals surface area contributed by atoms with Gasteiger partial charge in [0.1, 0.15) is 23.1 Å². The highest BCUT2D eigenvalue weighted by atomic mass is 32.1. The van der Waals surface area contributed by atoms with Gasteiger partial charge in [-0.15, -0.1) is 0 Å². The molecule has 2 N–H and O–H groups in total. The van der Waals surface area contributed by atoms with Crippen molar-refractivity contribution in [3.8, 4) is 6.07 Å². The molecule has 0 saturated heterocycles. The van der Waals surface area contributed by atoms with Crippen molar-refractivity contribution < 1.29 is 4.42 Å². The van der Waals surface area contributed by atoms with E-state index in [2.05, 4.69) is 23.9 Å². The highest BCUT2D eigenvalue weighted by Gasteiger charge is 2.26. The number of nitriles is 1. The van der Waals surface area contributed by atoms with Crippen LogP contribution in [0.1, 0.15) is 18.4 Å². The van der Waals surface area contributed by atoms with Crippen LogP contribution in [0.5, 0.6) is 0 Å². The Hall–Kier alpha value is -1.71. The molecule has 0 aliphatic carbocycles. The minimum absolute atomic E-state index is 0.427. The minimum atomic E-state index is -0.615. The van der Waals surface area contributed by atoms with Crippen molar-refractivity contribution in [2.24, 2.45) is 10.7 Å². The number of allylic oxidation sites excluding steroid dienone is 2. The van der Waals surface area contributed by atoms with Crippen LogP contribution >= 0.6 is 12.8 Å². The van der Waals surface area contributed by atoms with E-state index in [9.17, 15) is 5.26 Å². The van der Waals surface area contributed by atoms with Crippen LogP contribution in [0.2, 0.25) is 0 Å². The maximum absolute atomic E-state index is 9.17. The number of nitrogens with two attached hydrogens (primary N) is 1. The number of hydrogen-bond acceptors (Lipinski definition) is 6. The number of nitrogens with zero attached hydrogens (tertiary/aromatic N) is 3. The first-order valence-electron chi connectivity index (χ1n) is 5.04. The average Bonchev–Trinajstić information content (AvgIpc) is 2.72. The Morgan fingerprint density at radius 1 is 1.53 bits per heavy atom. The molecular formula is C11H12N4OS. The van der Waals surface area contributed by atoms with E-state index in [4.69, 9.17) is 10.2 Å². The first-order chi connectivity index (χ1) is 8.04. The Bertz CT molecular complexity index is 552. The molecule has 0 amide bonds. The molecule has 1 aliphatic heterocycles. The summed E-state index contributed by atoms with van der Waals surface area (Å²) < 4.78 is 6.93. The molecule has 0 aromatic carbocycles. The van der Waals surface area contributed by atoms with Gasteiger partial charge >= 0.3 is 0 Å². The topological polar surface area (TPSA) is 78.5 Å². The van der Waals surface area contributed by atoms with Gasteiger partial charge < -0.3 is 4.42 Å². The maximum atomic E-state index is 9.17. The van der Waals surface area contributed by atoms with Gasteiger partial charge in [-0.25, -0.2) is 4.99 Å². The van der Waals surface area contributed by atoms with Gasteiger partial charge in [-0.2, -0.15) is 5.26 Å². The highest BCUT2D eigenvalue weighted by Crippen LogP contribution is 2.25. The number of thiol groups is 1. The summed E-state index contributed by atoms with van der Waals surface area (Å²) in [4.78, 5) is 4.22. The van der Waals surface area contributed by atoms with Crippen molar-refractivity contribution in [3.63, 3.8) is 0 Å². The summed E-state index contributed by atoms with van der Waals surface area (Å²) in [6.07, 6.45) is -0.615. The first-order valence-corrected chi connectivity index (χ1v) is 5.44. The molecule has 2 heterocycles. The molecule has 6 heteroatoms. The molecule has 2 rings (SSSR count). The van der Waals surface area contributed by atoms with Crippen molar-refractivity contribution in [2.45, 2.75) is 20.1 Å². The molecule has 1 aromatic heterocycles. The predicted molar refractivity (Wildman–Crippen MR) is 67.1 cm³/mol. The summed E-state index contributed by atoms with van der Waals surface area (Å²) in [5.41, 5.74) is 7.38. The molecule has 0 radical (unpaired) electrons. The van der Waals surface area contributed by atoms with Crippen LogP contribution in [0.4, 0.5) is 0 Å². The van der Waals surface area contributed by atoms with Gasteiger partial charge in [-0.05, 0) is 26.0 Å². The van der Waals surface area contributed by atoms with E-state index < -0.39 is 6.29 Å². The largest absolute Gasteiger partial charge is 0.460 e. The SMILES string of the molecule is CC1=C(C#N)C(c2ccc(C)o2)=NC(N)N1S. The second kappa shape index (κ2) is 4.28. The van der Waals surface area contributed by atoms with Crippen molar-refractivity contribution in [3.05, 3.63) is 34.9 Å². The predicted octanol–water partition coefficient (Wildman–Crippen LogP) is 1.58. The van der Waals surface area contributed by atoms with Gasteiger partial charge in [-0.1, -0.05) is 12.8 Å². The van der Waals surface area contributed by atoms with Crippen LogP contribution in [0.3, 0.4) is 0 Å². The summed E-state index contributed by atoms with van der Waals surface area (Å²) in [6, 6.07) is 5.70. The fraction of sp³-hybridized carbons (Fsp3) is 0.273. The number of furan rings is 1.